The van der Waals surface area contributed by atoms with Gasteiger partial charge < -0.3 is 0 Å². The molecule has 0 saturated heterocycles. The third-order valence-electron chi connectivity index (χ3n) is 1.18. The summed E-state index contributed by atoms with van der Waals surface area (Å²) in [7, 11) is 0. The van der Waals surface area contributed by atoms with Crippen molar-refractivity contribution in [2.24, 2.45) is 0 Å². The van der Waals surface area contributed by atoms with Gasteiger partial charge in [-0.05, 0) is 0 Å². The van der Waals surface area contributed by atoms with Crippen LogP contribution in [-0.4, -0.2) is 34.6 Å². The summed E-state index contributed by atoms with van der Waals surface area (Å²) in [6.45, 7) is 0. The molecule has 0 N–H and O–H groups in total. The van der Waals surface area contributed by atoms with Gasteiger partial charge in [0.2, 0.25) is 0 Å². The van der Waals surface area contributed by atoms with E-state index < -0.39 is 34.6 Å². The number of hydrogen-bond donors (Lipinski definition) is 0. The zero-order chi connectivity index (χ0) is 13.6. The van der Waals surface area contributed by atoms with Crippen molar-refractivity contribution in [3.8, 4) is 0 Å². The SMILES string of the molecule is FC(F)(F)C(F)(F)[As](Br)C(F)(F)C(F)(F)F. The zero-order valence-electron chi connectivity index (χ0n) is 6.60. The van der Waals surface area contributed by atoms with E-state index in [1.807, 2.05) is 0 Å². The summed E-state index contributed by atoms with van der Waals surface area (Å²) < 4.78 is 106. The van der Waals surface area contributed by atoms with Gasteiger partial charge in [-0.1, -0.05) is 0 Å². The van der Waals surface area contributed by atoms with Crippen molar-refractivity contribution >= 4 is 26.7 Å². The Labute approximate surface area is 92.8 Å². The Morgan fingerprint density at radius 3 is 0.875 bits per heavy atom. The van der Waals surface area contributed by atoms with Gasteiger partial charge in [-0.3, -0.25) is 0 Å². The van der Waals surface area contributed by atoms with Crippen LogP contribution in [0.2, 0.25) is 0 Å². The van der Waals surface area contributed by atoms with Gasteiger partial charge in [-0.15, -0.1) is 0 Å². The van der Waals surface area contributed by atoms with Gasteiger partial charge in [0.1, 0.15) is 0 Å². The van der Waals surface area contributed by atoms with Crippen molar-refractivity contribution in [1.82, 2.24) is 0 Å². The molecular weight excluding hydrogens is 393 g/mol. The molecule has 0 atom stereocenters. The zero-order valence-corrected chi connectivity index (χ0v) is 10.1. The van der Waals surface area contributed by atoms with E-state index >= 15 is 0 Å². The number of alkyl halides is 10. The van der Waals surface area contributed by atoms with Crippen molar-refractivity contribution in [3.63, 3.8) is 0 Å². The van der Waals surface area contributed by atoms with E-state index in [-0.39, 0.29) is 0 Å². The van der Waals surface area contributed by atoms with E-state index in [1.54, 1.807) is 0 Å². The Hall–Kier alpha value is 0.338. The van der Waals surface area contributed by atoms with Crippen LogP contribution in [0, 0.1) is 0 Å². The van der Waals surface area contributed by atoms with Crippen molar-refractivity contribution < 1.29 is 43.9 Å². The molecule has 0 heterocycles. The standard InChI is InChI=1S/C4AsBrF10/c6-5(1(7,8)3(11,12)13)2(9,10)4(14,15)16. The third kappa shape index (κ3) is 2.77. The summed E-state index contributed by atoms with van der Waals surface area (Å²) in [6.07, 6.45) is -12.9. The molecule has 0 rings (SSSR count). The maximum atomic E-state index is 12.3. The van der Waals surface area contributed by atoms with Gasteiger partial charge in [0.15, 0.2) is 0 Å². The quantitative estimate of drug-likeness (QED) is 0.494. The normalized spacial score (nSPS) is 15.8. The van der Waals surface area contributed by atoms with Crippen molar-refractivity contribution in [1.29, 1.82) is 0 Å². The molecule has 0 saturated carbocycles. The summed E-state index contributed by atoms with van der Waals surface area (Å²) in [4.78, 5) is 0. The van der Waals surface area contributed by atoms with Crippen LogP contribution in [0.15, 0.2) is 0 Å². The average Bonchev–Trinajstić information content (AvgIpc) is 1.98. The fourth-order valence-electron chi connectivity index (χ4n) is 0.399. The second kappa shape index (κ2) is 4.22. The van der Waals surface area contributed by atoms with Crippen LogP contribution in [0.25, 0.3) is 0 Å². The molecule has 0 nitrogen and oxygen atoms in total. The second-order valence-corrected chi connectivity index (χ2v) is 9.58. The number of halogens is 11. The van der Waals surface area contributed by atoms with Crippen molar-refractivity contribution in [3.05, 3.63) is 0 Å². The summed E-state index contributed by atoms with van der Waals surface area (Å²) in [5, 5.41) is 0. The molecule has 0 unspecified atom stereocenters. The van der Waals surface area contributed by atoms with Crippen LogP contribution < -0.4 is 0 Å². The van der Waals surface area contributed by atoms with E-state index in [0.717, 1.165) is 0 Å². The minimum absolute atomic E-state index is 1.20. The molecule has 0 aliphatic carbocycles. The molecule has 0 radical (unpaired) electrons. The molecule has 0 aromatic heterocycles. The Kier molecular flexibility index (Phi) is 4.31. The molecule has 0 bridgehead atoms. The Morgan fingerprint density at radius 1 is 0.562 bits per heavy atom. The second-order valence-electron chi connectivity index (χ2n) is 2.36. The molecule has 0 spiro atoms. The van der Waals surface area contributed by atoms with Crippen LogP contribution in [-0.2, 0) is 0 Å². The summed E-state index contributed by atoms with van der Waals surface area (Å²) in [5.74, 6) is 0. The predicted molar refractivity (Wildman–Crippen MR) is 36.7 cm³/mol. The van der Waals surface area contributed by atoms with Gasteiger partial charge in [-0.25, -0.2) is 0 Å². The van der Waals surface area contributed by atoms with Gasteiger partial charge in [0.05, 0.1) is 0 Å². The van der Waals surface area contributed by atoms with Crippen LogP contribution >= 0.6 is 13.9 Å². The van der Waals surface area contributed by atoms with E-state index in [9.17, 15) is 43.9 Å². The molecule has 0 aromatic carbocycles. The first kappa shape index (κ1) is 16.3. The fraction of sp³-hybridized carbons (Fsp3) is 1.00. The molecule has 12 heteroatoms. The van der Waals surface area contributed by atoms with Crippen molar-refractivity contribution in [2.75, 3.05) is 0 Å². The Bertz CT molecular complexity index is 227. The van der Waals surface area contributed by atoms with E-state index in [1.165, 1.54) is 13.9 Å². The van der Waals surface area contributed by atoms with E-state index in [4.69, 9.17) is 0 Å². The number of rotatable bonds is 2. The first-order valence-electron chi connectivity index (χ1n) is 3.01. The van der Waals surface area contributed by atoms with Crippen LogP contribution in [0.1, 0.15) is 0 Å². The Balaban J connectivity index is 5.30. The first-order valence-corrected chi connectivity index (χ1v) is 9.28. The molecule has 0 aliphatic heterocycles. The predicted octanol–water partition coefficient (Wildman–Crippen LogP) is 3.85. The molecule has 98 valence electrons. The molecule has 0 aromatic rings. The van der Waals surface area contributed by atoms with Crippen LogP contribution in [0.5, 0.6) is 0 Å². The average molecular weight is 393 g/mol. The van der Waals surface area contributed by atoms with Gasteiger partial charge in [0.25, 0.3) is 0 Å². The minimum atomic E-state index is -6.45. The van der Waals surface area contributed by atoms with Gasteiger partial charge >= 0.3 is 92.4 Å². The monoisotopic (exact) mass is 392 g/mol. The topological polar surface area (TPSA) is 0 Å². The number of hydrogen-bond acceptors (Lipinski definition) is 0. The van der Waals surface area contributed by atoms with Crippen LogP contribution in [0.3, 0.4) is 0 Å². The van der Waals surface area contributed by atoms with Gasteiger partial charge in [-0.2, -0.15) is 0 Å². The third-order valence-corrected chi connectivity index (χ3v) is 8.94. The Morgan fingerprint density at radius 2 is 0.750 bits per heavy atom. The van der Waals surface area contributed by atoms with E-state index in [0.29, 0.717) is 0 Å². The van der Waals surface area contributed by atoms with Crippen LogP contribution in [0.4, 0.5) is 43.9 Å². The van der Waals surface area contributed by atoms with E-state index in [2.05, 4.69) is 0 Å². The van der Waals surface area contributed by atoms with Gasteiger partial charge in [0, 0.05) is 0 Å². The molecule has 0 aliphatic rings. The first-order chi connectivity index (χ1) is 6.65. The molecule has 0 amide bonds. The molecular formula is C4AsBrF10. The fourth-order valence-corrected chi connectivity index (χ4v) is 4.16. The molecule has 0 fully saturated rings. The summed E-state index contributed by atoms with van der Waals surface area (Å²) in [5.41, 5.74) is 0. The maximum absolute atomic E-state index is 12.3. The summed E-state index contributed by atoms with van der Waals surface area (Å²) in [6, 6.07) is 0. The summed E-state index contributed by atoms with van der Waals surface area (Å²) >= 11 is -4.85. The molecule has 16 heavy (non-hydrogen) atoms. The van der Waals surface area contributed by atoms with Crippen molar-refractivity contribution in [2.45, 2.75) is 21.8 Å².